The number of anilines is 1. The van der Waals surface area contributed by atoms with Crippen molar-refractivity contribution in [1.82, 2.24) is 9.97 Å². The third-order valence-electron chi connectivity index (χ3n) is 4.04. The smallest absolute Gasteiger partial charge is 0.406 e. The second kappa shape index (κ2) is 8.26. The largest absolute Gasteiger partial charge is 0.573 e. The molecule has 2 aromatic carbocycles. The van der Waals surface area contributed by atoms with Gasteiger partial charge in [-0.15, -0.1) is 13.2 Å². The Bertz CT molecular complexity index is 903. The van der Waals surface area contributed by atoms with Crippen LogP contribution < -0.4 is 10.1 Å². The van der Waals surface area contributed by atoms with Crippen molar-refractivity contribution >= 4 is 5.82 Å². The maximum atomic E-state index is 12.3. The van der Waals surface area contributed by atoms with Crippen LogP contribution in [0.4, 0.5) is 19.0 Å². The monoisotopic (exact) mass is 389 g/mol. The molecule has 2 atom stereocenters. The summed E-state index contributed by atoms with van der Waals surface area (Å²) in [6, 6.07) is 16.0. The van der Waals surface area contributed by atoms with Crippen molar-refractivity contribution in [2.24, 2.45) is 0 Å². The van der Waals surface area contributed by atoms with E-state index in [0.717, 1.165) is 5.56 Å². The number of halogens is 3. The number of aromatic nitrogens is 2. The Labute approximate surface area is 159 Å². The highest BCUT2D eigenvalue weighted by molar-refractivity contribution is 5.63. The molecule has 0 saturated heterocycles. The Kier molecular flexibility index (Phi) is 5.79. The zero-order chi connectivity index (χ0) is 20.1. The molecule has 0 spiro atoms. The summed E-state index contributed by atoms with van der Waals surface area (Å²) >= 11 is 0. The van der Waals surface area contributed by atoms with Crippen LogP contribution in [-0.2, 0) is 0 Å². The number of nitrogens with zero attached hydrogens (tertiary/aromatic N) is 2. The third kappa shape index (κ3) is 5.20. The molecule has 0 bridgehead atoms. The van der Waals surface area contributed by atoms with E-state index in [9.17, 15) is 18.3 Å². The Balaban J connectivity index is 1.72. The molecule has 0 aliphatic rings. The van der Waals surface area contributed by atoms with E-state index in [1.165, 1.54) is 30.6 Å². The third-order valence-corrected chi connectivity index (χ3v) is 4.04. The molecular formula is C20H18F3N3O2. The predicted molar refractivity (Wildman–Crippen MR) is 98.6 cm³/mol. The van der Waals surface area contributed by atoms with Crippen molar-refractivity contribution in [3.63, 3.8) is 0 Å². The van der Waals surface area contributed by atoms with Crippen molar-refractivity contribution in [3.8, 4) is 17.0 Å². The van der Waals surface area contributed by atoms with Crippen LogP contribution in [0.1, 0.15) is 18.6 Å². The van der Waals surface area contributed by atoms with Crippen molar-refractivity contribution < 1.29 is 23.0 Å². The van der Waals surface area contributed by atoms with Crippen molar-refractivity contribution in [2.45, 2.75) is 25.4 Å². The fourth-order valence-corrected chi connectivity index (χ4v) is 2.67. The standard InChI is InChI=1S/C20H18F3N3O2/c1-13(19(27)15-5-3-2-4-6-15)26-18-11-17(24-12-25-18)14-7-9-16(10-8-14)28-20(21,22)23/h2-13,19,27H,1H3,(H,24,25,26). The maximum Gasteiger partial charge on any atom is 0.573 e. The molecule has 146 valence electrons. The van der Waals surface area contributed by atoms with Crippen molar-refractivity contribution in [3.05, 3.63) is 72.6 Å². The molecule has 2 N–H and O–H groups in total. The van der Waals surface area contributed by atoms with Gasteiger partial charge in [0, 0.05) is 11.6 Å². The highest BCUT2D eigenvalue weighted by atomic mass is 19.4. The lowest BCUT2D eigenvalue weighted by Gasteiger charge is -2.21. The number of rotatable bonds is 6. The van der Waals surface area contributed by atoms with Gasteiger partial charge >= 0.3 is 6.36 Å². The number of alkyl halides is 3. The van der Waals surface area contributed by atoms with E-state index in [1.807, 2.05) is 37.3 Å². The van der Waals surface area contributed by atoms with Gasteiger partial charge in [-0.25, -0.2) is 9.97 Å². The fourth-order valence-electron chi connectivity index (χ4n) is 2.67. The van der Waals surface area contributed by atoms with Gasteiger partial charge < -0.3 is 15.2 Å². The minimum atomic E-state index is -4.73. The molecule has 2 unspecified atom stereocenters. The number of benzene rings is 2. The minimum Gasteiger partial charge on any atom is -0.406 e. The summed E-state index contributed by atoms with van der Waals surface area (Å²) in [5.74, 6) is 0.186. The quantitative estimate of drug-likeness (QED) is 0.646. The first-order valence-electron chi connectivity index (χ1n) is 8.49. The molecule has 0 fully saturated rings. The first-order chi connectivity index (χ1) is 13.3. The molecule has 5 nitrogen and oxygen atoms in total. The van der Waals surface area contributed by atoms with Gasteiger partial charge in [0.05, 0.1) is 17.8 Å². The van der Waals surface area contributed by atoms with Gasteiger partial charge in [-0.3, -0.25) is 0 Å². The number of hydrogen-bond donors (Lipinski definition) is 2. The van der Waals surface area contributed by atoms with E-state index in [1.54, 1.807) is 6.07 Å². The molecule has 3 aromatic rings. The van der Waals surface area contributed by atoms with E-state index in [4.69, 9.17) is 0 Å². The minimum absolute atomic E-state index is 0.303. The molecule has 3 rings (SSSR count). The van der Waals surface area contributed by atoms with Crippen LogP contribution in [0.2, 0.25) is 0 Å². The van der Waals surface area contributed by atoms with Crippen molar-refractivity contribution in [1.29, 1.82) is 0 Å². The highest BCUT2D eigenvalue weighted by Gasteiger charge is 2.31. The van der Waals surface area contributed by atoms with Crippen LogP contribution in [0.25, 0.3) is 11.3 Å². The molecule has 28 heavy (non-hydrogen) atoms. The molecule has 1 aromatic heterocycles. The molecule has 0 aliphatic carbocycles. The van der Waals surface area contributed by atoms with Crippen LogP contribution >= 0.6 is 0 Å². The molecule has 0 amide bonds. The SMILES string of the molecule is CC(Nc1cc(-c2ccc(OC(F)(F)F)cc2)ncn1)C(O)c1ccccc1. The van der Waals surface area contributed by atoms with Gasteiger partial charge in [0.2, 0.25) is 0 Å². The fraction of sp³-hybridized carbons (Fsp3) is 0.200. The highest BCUT2D eigenvalue weighted by Crippen LogP contribution is 2.27. The Hall–Kier alpha value is -3.13. The lowest BCUT2D eigenvalue weighted by atomic mass is 10.0. The first-order valence-corrected chi connectivity index (χ1v) is 8.49. The summed E-state index contributed by atoms with van der Waals surface area (Å²) < 4.78 is 40.6. The Morgan fingerprint density at radius 1 is 1.00 bits per heavy atom. The van der Waals surface area contributed by atoms with E-state index >= 15 is 0 Å². The predicted octanol–water partition coefficient (Wildman–Crippen LogP) is 4.58. The van der Waals surface area contributed by atoms with Gasteiger partial charge in [0.15, 0.2) is 0 Å². The average Bonchev–Trinajstić information content (AvgIpc) is 2.67. The molecular weight excluding hydrogens is 371 g/mol. The summed E-state index contributed by atoms with van der Waals surface area (Å²) in [6.07, 6.45) is -4.12. The summed E-state index contributed by atoms with van der Waals surface area (Å²) in [5, 5.41) is 13.6. The lowest BCUT2D eigenvalue weighted by molar-refractivity contribution is -0.274. The van der Waals surface area contributed by atoms with E-state index < -0.39 is 12.5 Å². The summed E-state index contributed by atoms with van der Waals surface area (Å²) in [7, 11) is 0. The van der Waals surface area contributed by atoms with Crippen LogP contribution in [0.15, 0.2) is 67.0 Å². The van der Waals surface area contributed by atoms with Gasteiger partial charge in [-0.05, 0) is 36.8 Å². The molecule has 0 aliphatic heterocycles. The molecule has 1 heterocycles. The number of hydrogen-bond acceptors (Lipinski definition) is 5. The number of aliphatic hydroxyl groups is 1. The van der Waals surface area contributed by atoms with E-state index in [2.05, 4.69) is 20.0 Å². The normalized spacial score (nSPS) is 13.6. The van der Waals surface area contributed by atoms with Gasteiger partial charge in [0.25, 0.3) is 0 Å². The van der Waals surface area contributed by atoms with Crippen LogP contribution in [0.3, 0.4) is 0 Å². The Morgan fingerprint density at radius 3 is 2.32 bits per heavy atom. The van der Waals surface area contributed by atoms with Gasteiger partial charge in [-0.1, -0.05) is 30.3 Å². The molecule has 0 radical (unpaired) electrons. The van der Waals surface area contributed by atoms with Gasteiger partial charge in [0.1, 0.15) is 17.9 Å². The topological polar surface area (TPSA) is 67.3 Å². The van der Waals surface area contributed by atoms with Crippen molar-refractivity contribution in [2.75, 3.05) is 5.32 Å². The Morgan fingerprint density at radius 2 is 1.68 bits per heavy atom. The van der Waals surface area contributed by atoms with E-state index in [-0.39, 0.29) is 11.8 Å². The molecule has 8 heteroatoms. The van der Waals surface area contributed by atoms with Gasteiger partial charge in [-0.2, -0.15) is 0 Å². The number of nitrogens with one attached hydrogen (secondary N) is 1. The average molecular weight is 389 g/mol. The summed E-state index contributed by atoms with van der Waals surface area (Å²) in [4.78, 5) is 8.29. The van der Waals surface area contributed by atoms with Crippen LogP contribution in [0.5, 0.6) is 5.75 Å². The zero-order valence-electron chi connectivity index (χ0n) is 14.9. The van der Waals surface area contributed by atoms with Crippen LogP contribution in [-0.4, -0.2) is 27.5 Å². The summed E-state index contributed by atoms with van der Waals surface area (Å²) in [5.41, 5.74) is 1.91. The second-order valence-electron chi connectivity index (χ2n) is 6.15. The summed E-state index contributed by atoms with van der Waals surface area (Å²) in [6.45, 7) is 1.82. The lowest BCUT2D eigenvalue weighted by Crippen LogP contribution is -2.24. The number of aliphatic hydroxyl groups excluding tert-OH is 1. The maximum absolute atomic E-state index is 12.3. The first kappa shape index (κ1) is 19.6. The molecule has 0 saturated carbocycles. The van der Waals surface area contributed by atoms with Crippen LogP contribution in [0, 0.1) is 0 Å². The zero-order valence-corrected chi connectivity index (χ0v) is 14.9. The van der Waals surface area contributed by atoms with E-state index in [0.29, 0.717) is 17.1 Å². The second-order valence-corrected chi connectivity index (χ2v) is 6.15. The number of ether oxygens (including phenoxy) is 1.